The number of ether oxygens (including phenoxy) is 2. The maximum atomic E-state index is 13.5. The standard InChI is InChI=1S/C17H19F8N3O5S/c1-9-6-12(34(21,22,23,24)25)7-11-8-13(15(17(18,19)20)32-14(9)11)16(29)31-10(2)33-26-28(30)27-4-3-5-27/h6-8,10,15,26,30H,3-5H2,1-2H3/t10?,15-/m0/s1. The number of benzene rings is 1. The van der Waals surface area contributed by atoms with Crippen LogP contribution in [0.1, 0.15) is 24.5 Å². The van der Waals surface area contributed by atoms with E-state index in [2.05, 4.69) is 4.74 Å². The Morgan fingerprint density at radius 3 is 2.38 bits per heavy atom. The lowest BCUT2D eigenvalue weighted by atomic mass is 9.99. The van der Waals surface area contributed by atoms with Crippen molar-refractivity contribution in [3.8, 4) is 5.75 Å². The lowest BCUT2D eigenvalue weighted by Gasteiger charge is -2.41. The van der Waals surface area contributed by atoms with E-state index >= 15 is 0 Å². The van der Waals surface area contributed by atoms with Crippen molar-refractivity contribution in [3.05, 3.63) is 28.8 Å². The third kappa shape index (κ3) is 5.89. The predicted molar refractivity (Wildman–Crippen MR) is 101 cm³/mol. The summed E-state index contributed by atoms with van der Waals surface area (Å²) < 4.78 is 116. The zero-order valence-electron chi connectivity index (χ0n) is 17.4. The molecule has 1 aromatic rings. The van der Waals surface area contributed by atoms with E-state index in [9.17, 15) is 42.6 Å². The van der Waals surface area contributed by atoms with Gasteiger partial charge in [-0.05, 0) is 49.3 Å². The molecule has 8 nitrogen and oxygen atoms in total. The molecule has 0 aromatic heterocycles. The molecule has 1 unspecified atom stereocenters. The van der Waals surface area contributed by atoms with Crippen LogP contribution in [0, 0.1) is 6.92 Å². The Hall–Kier alpha value is -2.18. The minimum atomic E-state index is -10.2. The maximum absolute atomic E-state index is 13.5. The number of carbonyl (C=O) groups is 1. The molecule has 0 bridgehead atoms. The summed E-state index contributed by atoms with van der Waals surface area (Å²) >= 11 is 0. The fourth-order valence-electron chi connectivity index (χ4n) is 3.00. The summed E-state index contributed by atoms with van der Waals surface area (Å²) in [5.74, 6) is -2.45. The summed E-state index contributed by atoms with van der Waals surface area (Å²) in [7, 11) is -10.2. The van der Waals surface area contributed by atoms with Gasteiger partial charge in [-0.1, -0.05) is 25.0 Å². The van der Waals surface area contributed by atoms with Crippen LogP contribution in [-0.4, -0.2) is 53.1 Å². The van der Waals surface area contributed by atoms with Gasteiger partial charge in [-0.25, -0.2) is 14.6 Å². The molecule has 1 fully saturated rings. The molecule has 3 rings (SSSR count). The summed E-state index contributed by atoms with van der Waals surface area (Å²) in [5, 5.41) is 11.3. The number of halogens is 8. The number of nitrogens with one attached hydrogen (secondary N) is 1. The zero-order chi connectivity index (χ0) is 25.8. The predicted octanol–water partition coefficient (Wildman–Crippen LogP) is 5.00. The molecule has 194 valence electrons. The molecular weight excluding hydrogens is 510 g/mol. The number of alkyl halides is 3. The van der Waals surface area contributed by atoms with E-state index in [4.69, 9.17) is 9.57 Å². The van der Waals surface area contributed by atoms with E-state index in [-0.39, 0.29) is 12.1 Å². The monoisotopic (exact) mass is 529 g/mol. The number of fused-ring (bicyclic) bond motifs is 1. The molecule has 0 saturated carbocycles. The maximum Gasteiger partial charge on any atom is 0.430 e. The summed E-state index contributed by atoms with van der Waals surface area (Å²) in [4.78, 5) is 14.8. The molecule has 1 saturated heterocycles. The molecule has 0 radical (unpaired) electrons. The summed E-state index contributed by atoms with van der Waals surface area (Å²) in [6, 6.07) is -0.118. The van der Waals surface area contributed by atoms with Gasteiger partial charge < -0.3 is 9.47 Å². The average molecular weight is 529 g/mol. The van der Waals surface area contributed by atoms with Gasteiger partial charge in [-0.2, -0.15) is 13.2 Å². The highest BCUT2D eigenvalue weighted by atomic mass is 32.5. The number of hydrogen-bond donors (Lipinski definition) is 2. The minimum absolute atomic E-state index is 0.0225. The molecule has 0 spiro atoms. The van der Waals surface area contributed by atoms with Gasteiger partial charge in [0.25, 0.3) is 0 Å². The second kappa shape index (κ2) is 7.92. The van der Waals surface area contributed by atoms with Crippen molar-refractivity contribution in [1.29, 1.82) is 0 Å². The summed E-state index contributed by atoms with van der Waals surface area (Å²) in [6.07, 6.45) is -8.64. The van der Waals surface area contributed by atoms with Gasteiger partial charge in [0.05, 0.1) is 5.57 Å². The second-order valence-corrected chi connectivity index (χ2v) is 9.95. The van der Waals surface area contributed by atoms with Gasteiger partial charge in [0.2, 0.25) is 12.4 Å². The molecule has 2 aliphatic rings. The SMILES string of the molecule is Cc1cc(S(F)(F)(F)(F)F)cc2c1O[C@H](C(F)(F)F)C(C(=O)OC(C)ONN(O)N1CCC1)=C2. The number of hydrogen-bond acceptors (Lipinski definition) is 8. The van der Waals surface area contributed by atoms with Crippen LogP contribution in [0.15, 0.2) is 22.6 Å². The van der Waals surface area contributed by atoms with Crippen molar-refractivity contribution in [2.75, 3.05) is 13.1 Å². The van der Waals surface area contributed by atoms with Gasteiger partial charge >= 0.3 is 22.4 Å². The highest BCUT2D eigenvalue weighted by molar-refractivity contribution is 8.45. The Balaban J connectivity index is 1.88. The van der Waals surface area contributed by atoms with Crippen LogP contribution in [0.4, 0.5) is 32.6 Å². The van der Waals surface area contributed by atoms with Gasteiger partial charge in [0.15, 0.2) is 0 Å². The fourth-order valence-corrected chi connectivity index (χ4v) is 3.75. The number of carbonyl (C=O) groups excluding carboxylic acids is 1. The van der Waals surface area contributed by atoms with Crippen LogP contribution < -0.4 is 10.3 Å². The van der Waals surface area contributed by atoms with E-state index in [0.717, 1.165) is 20.3 Å². The largest absolute Gasteiger partial charge is 0.475 e. The zero-order valence-corrected chi connectivity index (χ0v) is 18.2. The van der Waals surface area contributed by atoms with Crippen molar-refractivity contribution < 1.29 is 56.9 Å². The van der Waals surface area contributed by atoms with Crippen LogP contribution >= 0.6 is 10.2 Å². The normalized spacial score (nSPS) is 22.0. The second-order valence-electron chi connectivity index (χ2n) is 7.55. The third-order valence-corrected chi connectivity index (χ3v) is 5.88. The molecule has 17 heteroatoms. The Morgan fingerprint density at radius 1 is 1.26 bits per heavy atom. The first-order valence-corrected chi connectivity index (χ1v) is 11.4. The Morgan fingerprint density at radius 2 is 1.88 bits per heavy atom. The van der Waals surface area contributed by atoms with Crippen LogP contribution in [-0.2, 0) is 14.4 Å². The number of aryl methyl sites for hydroxylation is 1. The van der Waals surface area contributed by atoms with Crippen molar-refractivity contribution in [2.24, 2.45) is 0 Å². The minimum Gasteiger partial charge on any atom is -0.475 e. The topological polar surface area (TPSA) is 83.5 Å². The van der Waals surface area contributed by atoms with Crippen LogP contribution in [0.3, 0.4) is 0 Å². The van der Waals surface area contributed by atoms with Crippen molar-refractivity contribution in [2.45, 2.75) is 43.7 Å². The van der Waals surface area contributed by atoms with Gasteiger partial charge in [-0.15, -0.1) is 0 Å². The van der Waals surface area contributed by atoms with E-state index in [0.29, 0.717) is 24.4 Å². The summed E-state index contributed by atoms with van der Waals surface area (Å²) in [6.45, 7) is 2.86. The van der Waals surface area contributed by atoms with Crippen LogP contribution in [0.5, 0.6) is 5.75 Å². The summed E-state index contributed by atoms with van der Waals surface area (Å²) in [5.41, 5.74) is -0.807. The van der Waals surface area contributed by atoms with E-state index in [1.165, 1.54) is 5.01 Å². The Labute approximate surface area is 187 Å². The molecule has 2 aliphatic heterocycles. The molecule has 0 aliphatic carbocycles. The first kappa shape index (κ1) is 26.4. The number of esters is 1. The van der Waals surface area contributed by atoms with E-state index in [1.54, 1.807) is 0 Å². The van der Waals surface area contributed by atoms with Crippen molar-refractivity contribution >= 4 is 22.3 Å². The molecule has 0 amide bonds. The van der Waals surface area contributed by atoms with Gasteiger partial charge in [-0.3, -0.25) is 5.21 Å². The molecule has 2 atom stereocenters. The van der Waals surface area contributed by atoms with E-state index < -0.39 is 62.1 Å². The van der Waals surface area contributed by atoms with Gasteiger partial charge in [0.1, 0.15) is 10.6 Å². The smallest absolute Gasteiger partial charge is 0.430 e. The molecular formula is C17H19F8N3O5S. The van der Waals surface area contributed by atoms with Crippen molar-refractivity contribution in [1.82, 2.24) is 15.9 Å². The van der Waals surface area contributed by atoms with Crippen LogP contribution in [0.25, 0.3) is 6.08 Å². The highest BCUT2D eigenvalue weighted by Gasteiger charge is 2.65. The highest BCUT2D eigenvalue weighted by Crippen LogP contribution is 3.02. The number of rotatable bonds is 7. The van der Waals surface area contributed by atoms with Gasteiger partial charge in [0, 0.05) is 18.7 Å². The lowest BCUT2D eigenvalue weighted by molar-refractivity contribution is -0.377. The third-order valence-electron chi connectivity index (χ3n) is 4.76. The molecule has 1 aromatic carbocycles. The number of hydrazine groups is 2. The molecule has 2 N–H and O–H groups in total. The van der Waals surface area contributed by atoms with Crippen LogP contribution in [0.2, 0.25) is 0 Å². The average Bonchev–Trinajstić information content (AvgIpc) is 2.61. The fraction of sp³-hybridized carbons (Fsp3) is 0.471. The first-order valence-electron chi connectivity index (χ1n) is 9.46. The first-order chi connectivity index (χ1) is 15.3. The van der Waals surface area contributed by atoms with E-state index in [1.807, 2.05) is 5.59 Å². The van der Waals surface area contributed by atoms with Crippen molar-refractivity contribution in [3.63, 3.8) is 0 Å². The lowest BCUT2D eigenvalue weighted by Crippen LogP contribution is -2.55. The Kier molecular flexibility index (Phi) is 6.16. The molecule has 34 heavy (non-hydrogen) atoms. The quantitative estimate of drug-likeness (QED) is 0.221. The number of nitrogens with zero attached hydrogens (tertiary/aromatic N) is 2. The Bertz CT molecular complexity index is 1010. The molecule has 2 heterocycles.